The third-order valence-corrected chi connectivity index (χ3v) is 6.35. The first-order valence-corrected chi connectivity index (χ1v) is 12.1. The van der Waals surface area contributed by atoms with Gasteiger partial charge in [-0.1, -0.05) is 41.9 Å². The van der Waals surface area contributed by atoms with Crippen LogP contribution in [0.3, 0.4) is 0 Å². The summed E-state index contributed by atoms with van der Waals surface area (Å²) in [7, 11) is 0. The zero-order chi connectivity index (χ0) is 25.8. The molecular formula is C28H24ClN5O3. The molecule has 0 saturated heterocycles. The molecule has 0 aliphatic heterocycles. The number of benzene rings is 2. The molecule has 0 saturated carbocycles. The second kappa shape index (κ2) is 10.8. The lowest BCUT2D eigenvalue weighted by Gasteiger charge is -2.15. The zero-order valence-corrected chi connectivity index (χ0v) is 20.5. The molecular weight excluding hydrogens is 490 g/mol. The van der Waals surface area contributed by atoms with E-state index in [4.69, 9.17) is 11.6 Å². The van der Waals surface area contributed by atoms with Gasteiger partial charge < -0.3 is 15.0 Å². The molecule has 8 nitrogen and oxygen atoms in total. The Morgan fingerprint density at radius 1 is 1.03 bits per heavy atom. The number of carbonyl (C=O) groups excluding carboxylic acids is 1. The fourth-order valence-corrected chi connectivity index (χ4v) is 4.38. The number of fused-ring (bicyclic) bond motifs is 1. The lowest BCUT2D eigenvalue weighted by atomic mass is 10.0. The van der Waals surface area contributed by atoms with Crippen molar-refractivity contribution in [2.75, 3.05) is 6.61 Å². The summed E-state index contributed by atoms with van der Waals surface area (Å²) in [6.45, 7) is 0.174. The molecule has 0 bridgehead atoms. The average molecular weight is 514 g/mol. The highest BCUT2D eigenvalue weighted by molar-refractivity contribution is 6.31. The molecule has 3 N–H and O–H groups in total. The maximum atomic E-state index is 13.0. The minimum Gasteiger partial charge on any atom is -0.394 e. The second-order valence-corrected chi connectivity index (χ2v) is 9.19. The molecule has 3 aromatic heterocycles. The third-order valence-electron chi connectivity index (χ3n) is 6.11. The van der Waals surface area contributed by atoms with E-state index in [0.717, 1.165) is 27.6 Å². The number of nitrogens with one attached hydrogen (secondary N) is 2. The molecule has 2 aromatic carbocycles. The van der Waals surface area contributed by atoms with Crippen molar-refractivity contribution in [2.45, 2.75) is 19.0 Å². The Morgan fingerprint density at radius 3 is 2.62 bits per heavy atom. The van der Waals surface area contributed by atoms with Crippen LogP contribution in [0, 0.1) is 0 Å². The lowest BCUT2D eigenvalue weighted by Crippen LogP contribution is -2.31. The number of amides is 1. The molecule has 5 aromatic rings. The fourth-order valence-electron chi connectivity index (χ4n) is 4.21. The van der Waals surface area contributed by atoms with Crippen LogP contribution in [-0.4, -0.2) is 37.4 Å². The standard InChI is InChI=1S/C28H24ClN5O3/c29-22-8-9-24-23(13-22)27(33-32-24)25(17-35)31-28(37)21-12-20(14-30-15-21)11-18-4-6-19(7-5-18)16-34-10-2-1-3-26(34)36/h1-10,12-15,25,35H,11,16-17H2,(H,31,37)(H,32,33). The highest BCUT2D eigenvalue weighted by Crippen LogP contribution is 2.25. The van der Waals surface area contributed by atoms with Crippen LogP contribution >= 0.6 is 11.6 Å². The SMILES string of the molecule is O=C(NC(CO)c1n[nH]c2ccc(Cl)cc12)c1cncc(Cc2ccc(Cn3ccccc3=O)cc2)c1. The molecule has 1 unspecified atom stereocenters. The molecule has 0 fully saturated rings. The van der Waals surface area contributed by atoms with E-state index in [1.807, 2.05) is 30.3 Å². The molecule has 3 heterocycles. The van der Waals surface area contributed by atoms with Gasteiger partial charge in [-0.2, -0.15) is 5.10 Å². The Labute approximate surface area is 217 Å². The third kappa shape index (κ3) is 5.61. The Morgan fingerprint density at radius 2 is 1.84 bits per heavy atom. The summed E-state index contributed by atoms with van der Waals surface area (Å²) in [4.78, 5) is 29.2. The van der Waals surface area contributed by atoms with Gasteiger partial charge in [0, 0.05) is 35.1 Å². The van der Waals surface area contributed by atoms with Crippen molar-refractivity contribution < 1.29 is 9.90 Å². The van der Waals surface area contributed by atoms with Crippen LogP contribution in [0.15, 0.2) is 90.1 Å². The summed E-state index contributed by atoms with van der Waals surface area (Å²) in [6, 6.07) is 19.5. The number of nitrogens with zero attached hydrogens (tertiary/aromatic N) is 3. The lowest BCUT2D eigenvalue weighted by molar-refractivity contribution is 0.0914. The highest BCUT2D eigenvalue weighted by Gasteiger charge is 2.20. The molecule has 37 heavy (non-hydrogen) atoms. The topological polar surface area (TPSA) is 113 Å². The maximum absolute atomic E-state index is 13.0. The van der Waals surface area contributed by atoms with Gasteiger partial charge in [0.05, 0.1) is 36.0 Å². The highest BCUT2D eigenvalue weighted by atomic mass is 35.5. The Balaban J connectivity index is 1.27. The van der Waals surface area contributed by atoms with Crippen molar-refractivity contribution in [3.63, 3.8) is 0 Å². The quantitative estimate of drug-likeness (QED) is 0.291. The number of hydrogen-bond acceptors (Lipinski definition) is 5. The van der Waals surface area contributed by atoms with Crippen molar-refractivity contribution in [3.05, 3.63) is 129 Å². The van der Waals surface area contributed by atoms with Crippen molar-refractivity contribution >= 4 is 28.4 Å². The number of aromatic nitrogens is 4. The van der Waals surface area contributed by atoms with Crippen molar-refractivity contribution in [1.82, 2.24) is 25.1 Å². The Kier molecular flexibility index (Phi) is 7.11. The first-order valence-electron chi connectivity index (χ1n) is 11.7. The van der Waals surface area contributed by atoms with E-state index in [0.29, 0.717) is 29.2 Å². The van der Waals surface area contributed by atoms with Gasteiger partial charge in [0.1, 0.15) is 0 Å². The first kappa shape index (κ1) is 24.4. The van der Waals surface area contributed by atoms with Crippen LogP contribution in [-0.2, 0) is 13.0 Å². The van der Waals surface area contributed by atoms with Crippen molar-refractivity contribution in [1.29, 1.82) is 0 Å². The van der Waals surface area contributed by atoms with E-state index in [9.17, 15) is 14.7 Å². The average Bonchev–Trinajstić information content (AvgIpc) is 3.32. The summed E-state index contributed by atoms with van der Waals surface area (Å²) >= 11 is 6.12. The number of aromatic amines is 1. The van der Waals surface area contributed by atoms with E-state index in [2.05, 4.69) is 20.5 Å². The number of rotatable bonds is 8. The van der Waals surface area contributed by atoms with Crippen LogP contribution in [0.1, 0.15) is 38.8 Å². The number of aliphatic hydroxyl groups excluding tert-OH is 1. The Hall–Kier alpha value is -4.27. The van der Waals surface area contributed by atoms with Crippen LogP contribution in [0.5, 0.6) is 0 Å². The Bertz CT molecular complexity index is 1610. The van der Waals surface area contributed by atoms with Gasteiger partial charge in [0.2, 0.25) is 0 Å². The molecule has 0 aliphatic rings. The normalized spacial score (nSPS) is 11.9. The molecule has 186 valence electrons. The van der Waals surface area contributed by atoms with E-state index < -0.39 is 6.04 Å². The van der Waals surface area contributed by atoms with Crippen molar-refractivity contribution in [3.8, 4) is 0 Å². The smallest absolute Gasteiger partial charge is 0.253 e. The van der Waals surface area contributed by atoms with Gasteiger partial charge in [-0.25, -0.2) is 0 Å². The van der Waals surface area contributed by atoms with Gasteiger partial charge >= 0.3 is 0 Å². The summed E-state index contributed by atoms with van der Waals surface area (Å²) in [5, 5.41) is 21.3. The van der Waals surface area contributed by atoms with Gasteiger partial charge in [-0.15, -0.1) is 0 Å². The van der Waals surface area contributed by atoms with E-state index in [1.54, 1.807) is 53.4 Å². The van der Waals surface area contributed by atoms with Gasteiger partial charge in [-0.3, -0.25) is 19.7 Å². The van der Waals surface area contributed by atoms with Crippen LogP contribution in [0.4, 0.5) is 0 Å². The predicted octanol–water partition coefficient (Wildman–Crippen LogP) is 3.88. The number of hydrogen-bond donors (Lipinski definition) is 3. The molecule has 9 heteroatoms. The number of pyridine rings is 2. The predicted molar refractivity (Wildman–Crippen MR) is 142 cm³/mol. The minimum absolute atomic E-state index is 0.0412. The monoisotopic (exact) mass is 513 g/mol. The second-order valence-electron chi connectivity index (χ2n) is 8.75. The number of carbonyl (C=O) groups is 1. The molecule has 1 atom stereocenters. The zero-order valence-electron chi connectivity index (χ0n) is 19.8. The van der Waals surface area contributed by atoms with Gasteiger partial charge in [0.15, 0.2) is 0 Å². The van der Waals surface area contributed by atoms with Gasteiger partial charge in [0.25, 0.3) is 11.5 Å². The number of H-pyrrole nitrogens is 1. The van der Waals surface area contributed by atoms with Gasteiger partial charge in [-0.05, 0) is 53.4 Å². The van der Waals surface area contributed by atoms with Crippen molar-refractivity contribution in [2.24, 2.45) is 0 Å². The van der Waals surface area contributed by atoms with E-state index in [1.165, 1.54) is 6.20 Å². The molecule has 5 rings (SSSR count). The molecule has 0 radical (unpaired) electrons. The first-order chi connectivity index (χ1) is 18.0. The molecule has 0 spiro atoms. The minimum atomic E-state index is -0.715. The number of halogens is 1. The van der Waals surface area contributed by atoms with Crippen LogP contribution < -0.4 is 10.9 Å². The summed E-state index contributed by atoms with van der Waals surface area (Å²) in [5.41, 5.74) is 4.56. The molecule has 0 aliphatic carbocycles. The fraction of sp³-hybridized carbons (Fsp3) is 0.143. The summed E-state index contributed by atoms with van der Waals surface area (Å²) < 4.78 is 1.65. The number of aliphatic hydroxyl groups is 1. The van der Waals surface area contributed by atoms with E-state index in [-0.39, 0.29) is 18.1 Å². The summed E-state index contributed by atoms with van der Waals surface area (Å²) in [5.74, 6) is -0.366. The van der Waals surface area contributed by atoms with Crippen LogP contribution in [0.2, 0.25) is 5.02 Å². The van der Waals surface area contributed by atoms with E-state index >= 15 is 0 Å². The largest absolute Gasteiger partial charge is 0.394 e. The molecule has 1 amide bonds. The summed E-state index contributed by atoms with van der Waals surface area (Å²) in [6.07, 6.45) is 5.57. The maximum Gasteiger partial charge on any atom is 0.253 e. The van der Waals surface area contributed by atoms with Crippen LogP contribution in [0.25, 0.3) is 10.9 Å².